The molecule has 0 spiro atoms. The van der Waals surface area contributed by atoms with Gasteiger partial charge in [0.1, 0.15) is 0 Å². The van der Waals surface area contributed by atoms with Gasteiger partial charge in [-0.2, -0.15) is 0 Å². The van der Waals surface area contributed by atoms with Gasteiger partial charge < -0.3 is 0 Å². The summed E-state index contributed by atoms with van der Waals surface area (Å²) in [6.45, 7) is 0. The largest absolute Gasteiger partial charge is 0.294 e. The van der Waals surface area contributed by atoms with Crippen LogP contribution in [0.3, 0.4) is 0 Å². The van der Waals surface area contributed by atoms with Gasteiger partial charge in [-0.05, 0) is 31.6 Å². The topological polar surface area (TPSA) is 17.1 Å². The molecule has 2 fully saturated rings. The van der Waals surface area contributed by atoms with Crippen molar-refractivity contribution in [2.45, 2.75) is 38.5 Å². The molecule has 0 saturated heterocycles. The number of ketones is 1. The summed E-state index contributed by atoms with van der Waals surface area (Å²) in [5.74, 6) is 1.25. The predicted octanol–water partition coefficient (Wildman–Crippen LogP) is 3.84. The van der Waals surface area contributed by atoms with E-state index in [1.54, 1.807) is 0 Å². The average Bonchev–Trinajstić information content (AvgIpc) is 2.66. The van der Waals surface area contributed by atoms with E-state index in [-0.39, 0.29) is 5.41 Å². The summed E-state index contributed by atoms with van der Waals surface area (Å²) in [5, 5.41) is 0. The molecule has 0 N–H and O–H groups in total. The maximum absolute atomic E-state index is 12.6. The van der Waals surface area contributed by atoms with Crippen molar-refractivity contribution in [3.63, 3.8) is 0 Å². The average molecular weight is 214 g/mol. The van der Waals surface area contributed by atoms with Crippen molar-refractivity contribution in [3.05, 3.63) is 35.9 Å². The van der Waals surface area contributed by atoms with Gasteiger partial charge in [-0.1, -0.05) is 43.2 Å². The molecule has 1 aromatic carbocycles. The van der Waals surface area contributed by atoms with Gasteiger partial charge in [0.2, 0.25) is 0 Å². The predicted molar refractivity (Wildman–Crippen MR) is 64.4 cm³/mol. The van der Waals surface area contributed by atoms with Gasteiger partial charge in [-0.15, -0.1) is 0 Å². The van der Waals surface area contributed by atoms with E-state index in [0.29, 0.717) is 5.78 Å². The second-order valence-electron chi connectivity index (χ2n) is 5.48. The molecule has 0 aliphatic heterocycles. The lowest BCUT2D eigenvalue weighted by Crippen LogP contribution is -2.30. The third kappa shape index (κ3) is 1.50. The fourth-order valence-electron chi connectivity index (χ4n) is 3.66. The Hall–Kier alpha value is -1.11. The van der Waals surface area contributed by atoms with E-state index in [1.807, 2.05) is 30.3 Å². The summed E-state index contributed by atoms with van der Waals surface area (Å²) in [7, 11) is 0. The summed E-state index contributed by atoms with van der Waals surface area (Å²) < 4.78 is 0. The van der Waals surface area contributed by atoms with E-state index in [2.05, 4.69) is 0 Å². The van der Waals surface area contributed by atoms with Crippen molar-refractivity contribution in [3.8, 4) is 0 Å². The van der Waals surface area contributed by atoms with Gasteiger partial charge in [0.15, 0.2) is 5.78 Å². The van der Waals surface area contributed by atoms with E-state index in [4.69, 9.17) is 0 Å². The van der Waals surface area contributed by atoms with Crippen molar-refractivity contribution in [1.82, 2.24) is 0 Å². The SMILES string of the molecule is O=C(c1ccccc1)[C@]12CCC[C@@H](CC1)C2. The van der Waals surface area contributed by atoms with E-state index >= 15 is 0 Å². The monoisotopic (exact) mass is 214 g/mol. The zero-order valence-corrected chi connectivity index (χ0v) is 9.61. The molecule has 84 valence electrons. The molecule has 16 heavy (non-hydrogen) atoms. The van der Waals surface area contributed by atoms with Crippen LogP contribution in [0.25, 0.3) is 0 Å². The molecule has 2 saturated carbocycles. The van der Waals surface area contributed by atoms with Crippen LogP contribution in [0.1, 0.15) is 48.9 Å². The highest BCUT2D eigenvalue weighted by molar-refractivity contribution is 6.00. The van der Waals surface area contributed by atoms with Gasteiger partial charge in [-0.3, -0.25) is 4.79 Å². The summed E-state index contributed by atoms with van der Waals surface area (Å²) >= 11 is 0. The van der Waals surface area contributed by atoms with Crippen molar-refractivity contribution < 1.29 is 4.79 Å². The first-order valence-electron chi connectivity index (χ1n) is 6.40. The Morgan fingerprint density at radius 2 is 1.94 bits per heavy atom. The quantitative estimate of drug-likeness (QED) is 0.684. The lowest BCUT2D eigenvalue weighted by molar-refractivity contribution is 0.0744. The van der Waals surface area contributed by atoms with Gasteiger partial charge in [0.25, 0.3) is 0 Å². The summed E-state index contributed by atoms with van der Waals surface area (Å²) in [6.07, 6.45) is 7.29. The number of rotatable bonds is 2. The molecule has 0 amide bonds. The summed E-state index contributed by atoms with van der Waals surface area (Å²) in [5.41, 5.74) is 0.939. The molecule has 1 heteroatoms. The highest BCUT2D eigenvalue weighted by Crippen LogP contribution is 2.52. The van der Waals surface area contributed by atoms with Crippen LogP contribution in [0.2, 0.25) is 0 Å². The summed E-state index contributed by atoms with van der Waals surface area (Å²) in [6, 6.07) is 9.86. The molecule has 1 aromatic rings. The van der Waals surface area contributed by atoms with E-state index in [1.165, 1.54) is 19.3 Å². The van der Waals surface area contributed by atoms with Crippen LogP contribution in [-0.4, -0.2) is 5.78 Å². The standard InChI is InChI=1S/C15H18O/c16-14(13-6-2-1-3-7-13)15-9-4-5-12(11-15)8-10-15/h1-3,6-7,12H,4-5,8-11H2/t12-,15+/m0/s1. The van der Waals surface area contributed by atoms with E-state index < -0.39 is 0 Å². The van der Waals surface area contributed by atoms with Gasteiger partial charge in [-0.25, -0.2) is 0 Å². The third-order valence-electron chi connectivity index (χ3n) is 4.50. The minimum Gasteiger partial charge on any atom is -0.294 e. The number of Topliss-reactive ketones (excluding diaryl/α,β-unsaturated/α-hetero) is 1. The maximum Gasteiger partial charge on any atom is 0.169 e. The number of benzene rings is 1. The Morgan fingerprint density at radius 1 is 1.12 bits per heavy atom. The van der Waals surface area contributed by atoms with Crippen LogP contribution in [0.15, 0.2) is 30.3 Å². The Labute approximate surface area is 96.9 Å². The minimum atomic E-state index is 0.0181. The maximum atomic E-state index is 12.6. The lowest BCUT2D eigenvalue weighted by Gasteiger charge is -2.31. The number of fused-ring (bicyclic) bond motifs is 2. The van der Waals surface area contributed by atoms with Crippen LogP contribution in [-0.2, 0) is 0 Å². The third-order valence-corrected chi connectivity index (χ3v) is 4.50. The normalized spacial score (nSPS) is 32.6. The highest BCUT2D eigenvalue weighted by atomic mass is 16.1. The van der Waals surface area contributed by atoms with Gasteiger partial charge in [0.05, 0.1) is 0 Å². The second kappa shape index (κ2) is 3.73. The van der Waals surface area contributed by atoms with Crippen LogP contribution in [0.4, 0.5) is 0 Å². The van der Waals surface area contributed by atoms with Crippen LogP contribution < -0.4 is 0 Å². The number of hydrogen-bond donors (Lipinski definition) is 0. The lowest BCUT2D eigenvalue weighted by atomic mass is 9.71. The van der Waals surface area contributed by atoms with Crippen LogP contribution in [0.5, 0.6) is 0 Å². The Bertz CT molecular complexity index is 391. The molecule has 0 aromatic heterocycles. The first-order valence-corrected chi connectivity index (χ1v) is 6.40. The van der Waals surface area contributed by atoms with Crippen molar-refractivity contribution in [1.29, 1.82) is 0 Å². The van der Waals surface area contributed by atoms with Gasteiger partial charge in [0, 0.05) is 11.0 Å². The van der Waals surface area contributed by atoms with Crippen LogP contribution >= 0.6 is 0 Å². The molecule has 0 heterocycles. The van der Waals surface area contributed by atoms with E-state index in [9.17, 15) is 4.79 Å². The number of hydrogen-bond acceptors (Lipinski definition) is 1. The van der Waals surface area contributed by atoms with E-state index in [0.717, 1.165) is 30.7 Å². The molecule has 2 atom stereocenters. The first kappa shape index (κ1) is 10.1. The zero-order valence-electron chi connectivity index (χ0n) is 9.61. The summed E-state index contributed by atoms with van der Waals surface area (Å²) in [4.78, 5) is 12.6. The smallest absolute Gasteiger partial charge is 0.169 e. The molecule has 1 nitrogen and oxygen atoms in total. The van der Waals surface area contributed by atoms with Crippen molar-refractivity contribution in [2.75, 3.05) is 0 Å². The Kier molecular flexibility index (Phi) is 2.34. The Morgan fingerprint density at radius 3 is 2.75 bits per heavy atom. The molecule has 2 aliphatic rings. The highest BCUT2D eigenvalue weighted by Gasteiger charge is 2.47. The first-order chi connectivity index (χ1) is 7.80. The molecular weight excluding hydrogens is 196 g/mol. The molecular formula is C15H18O. The molecule has 3 rings (SSSR count). The van der Waals surface area contributed by atoms with Crippen molar-refractivity contribution >= 4 is 5.78 Å². The van der Waals surface area contributed by atoms with Gasteiger partial charge >= 0.3 is 0 Å². The minimum absolute atomic E-state index is 0.0181. The zero-order chi connectivity index (χ0) is 11.0. The second-order valence-corrected chi connectivity index (χ2v) is 5.48. The molecule has 0 unspecified atom stereocenters. The molecule has 2 aliphatic carbocycles. The van der Waals surface area contributed by atoms with Crippen LogP contribution in [0, 0.1) is 11.3 Å². The number of carbonyl (C=O) groups excluding carboxylic acids is 1. The Balaban J connectivity index is 1.90. The molecule has 2 bridgehead atoms. The fraction of sp³-hybridized carbons (Fsp3) is 0.533. The molecule has 0 radical (unpaired) electrons. The fourth-order valence-corrected chi connectivity index (χ4v) is 3.66. The number of carbonyl (C=O) groups is 1. The van der Waals surface area contributed by atoms with Crippen molar-refractivity contribution in [2.24, 2.45) is 11.3 Å².